The summed E-state index contributed by atoms with van der Waals surface area (Å²) in [6.45, 7) is 1.73. The molecule has 0 aromatic heterocycles. The van der Waals surface area contributed by atoms with E-state index in [2.05, 4.69) is 5.32 Å². The van der Waals surface area contributed by atoms with Gasteiger partial charge in [0.2, 0.25) is 11.8 Å². The van der Waals surface area contributed by atoms with Crippen molar-refractivity contribution in [1.29, 1.82) is 0 Å². The Balaban J connectivity index is 1.81. The molecule has 1 atom stereocenters. The summed E-state index contributed by atoms with van der Waals surface area (Å²) in [5, 5.41) is 3.54. The van der Waals surface area contributed by atoms with Crippen LogP contribution in [0.15, 0.2) is 108 Å². The van der Waals surface area contributed by atoms with Crippen LogP contribution >= 0.6 is 34.8 Å². The molecule has 11 heteroatoms. The summed E-state index contributed by atoms with van der Waals surface area (Å²) in [4.78, 5) is 29.5. The fourth-order valence-corrected chi connectivity index (χ4v) is 6.65. The van der Waals surface area contributed by atoms with Crippen LogP contribution in [0.5, 0.6) is 0 Å². The zero-order valence-electron chi connectivity index (χ0n) is 24.0. The van der Waals surface area contributed by atoms with Crippen molar-refractivity contribution in [1.82, 2.24) is 10.2 Å². The van der Waals surface area contributed by atoms with Crippen molar-refractivity contribution in [3.63, 3.8) is 0 Å². The van der Waals surface area contributed by atoms with Crippen molar-refractivity contribution in [2.45, 2.75) is 37.2 Å². The molecule has 0 heterocycles. The third-order valence-electron chi connectivity index (χ3n) is 6.90. The molecule has 0 saturated heterocycles. The topological polar surface area (TPSA) is 86.8 Å². The van der Waals surface area contributed by atoms with Crippen molar-refractivity contribution in [3.8, 4) is 0 Å². The summed E-state index contributed by atoms with van der Waals surface area (Å²) in [5.41, 5.74) is 1.59. The molecule has 1 unspecified atom stereocenters. The molecule has 7 nitrogen and oxygen atoms in total. The quantitative estimate of drug-likeness (QED) is 0.166. The first-order valence-electron chi connectivity index (χ1n) is 14.0. The van der Waals surface area contributed by atoms with Gasteiger partial charge in [0.25, 0.3) is 10.0 Å². The number of anilines is 1. The van der Waals surface area contributed by atoms with Crippen LogP contribution < -0.4 is 9.62 Å². The van der Waals surface area contributed by atoms with E-state index >= 15 is 0 Å². The molecule has 0 fully saturated rings. The Hall–Kier alpha value is -3.56. The minimum absolute atomic E-state index is 0.0211. The molecule has 44 heavy (non-hydrogen) atoms. The lowest BCUT2D eigenvalue weighted by Crippen LogP contribution is -2.53. The summed E-state index contributed by atoms with van der Waals surface area (Å²) in [6, 6.07) is 27.6. The fourth-order valence-electron chi connectivity index (χ4n) is 4.62. The Labute approximate surface area is 273 Å². The number of nitrogens with zero attached hydrogens (tertiary/aromatic N) is 2. The van der Waals surface area contributed by atoms with Crippen LogP contribution in [-0.4, -0.2) is 44.3 Å². The van der Waals surface area contributed by atoms with Gasteiger partial charge in [-0.15, -0.1) is 0 Å². The minimum atomic E-state index is -4.29. The summed E-state index contributed by atoms with van der Waals surface area (Å²) >= 11 is 18.9. The average molecular weight is 673 g/mol. The first-order valence-corrected chi connectivity index (χ1v) is 16.6. The Kier molecular flexibility index (Phi) is 11.7. The van der Waals surface area contributed by atoms with E-state index in [4.69, 9.17) is 34.8 Å². The number of nitrogens with one attached hydrogen (secondary N) is 1. The first kappa shape index (κ1) is 33.3. The molecular weight excluding hydrogens is 641 g/mol. The summed E-state index contributed by atoms with van der Waals surface area (Å²) in [7, 11) is -4.29. The third-order valence-corrected chi connectivity index (χ3v) is 9.73. The maximum atomic E-state index is 14.4. The van der Waals surface area contributed by atoms with Gasteiger partial charge in [0, 0.05) is 24.5 Å². The number of carbonyl (C=O) groups excluding carboxylic acids is 2. The van der Waals surface area contributed by atoms with Gasteiger partial charge in [0.05, 0.1) is 20.6 Å². The Morgan fingerprint density at radius 1 is 0.795 bits per heavy atom. The molecule has 4 rings (SSSR count). The highest BCUT2D eigenvalue weighted by Gasteiger charge is 2.35. The molecule has 4 aromatic rings. The molecular formula is C33H32Cl3N3O4S. The lowest BCUT2D eigenvalue weighted by Gasteiger charge is -2.34. The normalized spacial score (nSPS) is 11.9. The number of sulfonamides is 1. The zero-order valence-corrected chi connectivity index (χ0v) is 27.1. The molecule has 2 amide bonds. The van der Waals surface area contributed by atoms with E-state index < -0.39 is 28.5 Å². The van der Waals surface area contributed by atoms with Crippen molar-refractivity contribution >= 4 is 62.3 Å². The second kappa shape index (κ2) is 15.4. The molecule has 0 radical (unpaired) electrons. The summed E-state index contributed by atoms with van der Waals surface area (Å²) in [5.74, 6) is -0.959. The van der Waals surface area contributed by atoms with E-state index in [1.807, 2.05) is 37.3 Å². The highest BCUT2D eigenvalue weighted by Crippen LogP contribution is 2.35. The van der Waals surface area contributed by atoms with Crippen LogP contribution in [0.4, 0.5) is 5.69 Å². The monoisotopic (exact) mass is 671 g/mol. The number of halogens is 3. The molecule has 0 aliphatic heterocycles. The molecule has 0 bridgehead atoms. The van der Waals surface area contributed by atoms with E-state index in [1.54, 1.807) is 48.5 Å². The number of hydrogen-bond donors (Lipinski definition) is 1. The Bertz CT molecular complexity index is 1670. The maximum Gasteiger partial charge on any atom is 0.264 e. The van der Waals surface area contributed by atoms with Crippen LogP contribution in [0.25, 0.3) is 0 Å². The van der Waals surface area contributed by atoms with Crippen molar-refractivity contribution < 1.29 is 18.0 Å². The highest BCUT2D eigenvalue weighted by molar-refractivity contribution is 7.92. The lowest BCUT2D eigenvalue weighted by atomic mass is 10.0. The standard InChI is InChI=1S/C33H32Cl3N3O4S/c1-2-20-37-33(41)30(21-24-10-5-3-6-11-24)38(22-25-16-18-26(34)19-17-25)31(40)23-39(29-15-9-14-28(35)32(29)36)44(42,43)27-12-7-4-8-13-27/h3-19,30H,2,20-23H2,1H3,(H,37,41). The van der Waals surface area contributed by atoms with E-state index in [9.17, 15) is 18.0 Å². The van der Waals surface area contributed by atoms with Gasteiger partial charge in [-0.05, 0) is 53.9 Å². The molecule has 0 aliphatic rings. The van der Waals surface area contributed by atoms with Crippen LogP contribution in [0.2, 0.25) is 15.1 Å². The molecule has 0 aliphatic carbocycles. The van der Waals surface area contributed by atoms with Crippen LogP contribution in [0.1, 0.15) is 24.5 Å². The van der Waals surface area contributed by atoms with Crippen molar-refractivity contribution in [2.24, 2.45) is 0 Å². The molecule has 1 N–H and O–H groups in total. The van der Waals surface area contributed by atoms with Crippen LogP contribution in [0, 0.1) is 0 Å². The number of amides is 2. The fraction of sp³-hybridized carbons (Fsp3) is 0.212. The predicted molar refractivity (Wildman–Crippen MR) is 177 cm³/mol. The average Bonchev–Trinajstić information content (AvgIpc) is 3.03. The first-order chi connectivity index (χ1) is 21.1. The van der Waals surface area contributed by atoms with Crippen molar-refractivity contribution in [3.05, 3.63) is 129 Å². The molecule has 230 valence electrons. The smallest absolute Gasteiger partial charge is 0.264 e. The van der Waals surface area contributed by atoms with Gasteiger partial charge in [-0.1, -0.05) is 108 Å². The van der Waals surface area contributed by atoms with Gasteiger partial charge < -0.3 is 10.2 Å². The predicted octanol–water partition coefficient (Wildman–Crippen LogP) is 7.01. The van der Waals surface area contributed by atoms with E-state index in [-0.39, 0.29) is 39.5 Å². The largest absolute Gasteiger partial charge is 0.354 e. The van der Waals surface area contributed by atoms with Gasteiger partial charge in [-0.25, -0.2) is 8.42 Å². The Morgan fingerprint density at radius 2 is 1.43 bits per heavy atom. The van der Waals surface area contributed by atoms with E-state index in [0.29, 0.717) is 23.6 Å². The van der Waals surface area contributed by atoms with Gasteiger partial charge in [0.1, 0.15) is 12.6 Å². The lowest BCUT2D eigenvalue weighted by molar-refractivity contribution is -0.140. The third kappa shape index (κ3) is 8.33. The van der Waals surface area contributed by atoms with E-state index in [1.165, 1.54) is 29.2 Å². The maximum absolute atomic E-state index is 14.4. The van der Waals surface area contributed by atoms with Gasteiger partial charge in [-0.3, -0.25) is 13.9 Å². The van der Waals surface area contributed by atoms with Crippen molar-refractivity contribution in [2.75, 3.05) is 17.4 Å². The van der Waals surface area contributed by atoms with E-state index in [0.717, 1.165) is 9.87 Å². The number of hydrogen-bond acceptors (Lipinski definition) is 4. The molecule has 0 spiro atoms. The van der Waals surface area contributed by atoms with Crippen LogP contribution in [-0.2, 0) is 32.6 Å². The highest BCUT2D eigenvalue weighted by atomic mass is 35.5. The summed E-state index contributed by atoms with van der Waals surface area (Å²) < 4.78 is 29.0. The SMILES string of the molecule is CCCNC(=O)C(Cc1ccccc1)N(Cc1ccc(Cl)cc1)C(=O)CN(c1cccc(Cl)c1Cl)S(=O)(=O)c1ccccc1. The van der Waals surface area contributed by atoms with Gasteiger partial charge in [-0.2, -0.15) is 0 Å². The molecule has 4 aromatic carbocycles. The molecule has 0 saturated carbocycles. The number of rotatable bonds is 13. The zero-order chi connectivity index (χ0) is 31.7. The number of carbonyl (C=O) groups is 2. The van der Waals surface area contributed by atoms with Crippen LogP contribution in [0.3, 0.4) is 0 Å². The summed E-state index contributed by atoms with van der Waals surface area (Å²) in [6.07, 6.45) is 0.907. The minimum Gasteiger partial charge on any atom is -0.354 e. The second-order valence-electron chi connectivity index (χ2n) is 10.0. The van der Waals surface area contributed by atoms with Gasteiger partial charge in [0.15, 0.2) is 0 Å². The van der Waals surface area contributed by atoms with Gasteiger partial charge >= 0.3 is 0 Å². The second-order valence-corrected chi connectivity index (χ2v) is 13.1. The Morgan fingerprint density at radius 3 is 2.07 bits per heavy atom. The number of benzene rings is 4.